The number of pyridine rings is 1. The van der Waals surface area contributed by atoms with Crippen LogP contribution >= 0.6 is 11.6 Å². The fraction of sp³-hybridized carbons (Fsp3) is 0.381. The topological polar surface area (TPSA) is 273 Å². The predicted molar refractivity (Wildman–Crippen MR) is 329 cm³/mol. The minimum Gasteiger partial charge on any atom is -0.508 e. The van der Waals surface area contributed by atoms with Crippen molar-refractivity contribution in [1.82, 2.24) is 34.3 Å². The summed E-state index contributed by atoms with van der Waals surface area (Å²) >= 11 is 6.68. The molecule has 6 aromatic rings. The van der Waals surface area contributed by atoms with Crippen molar-refractivity contribution in [3.8, 4) is 11.5 Å². The van der Waals surface area contributed by atoms with Crippen LogP contribution in [0.1, 0.15) is 64.2 Å². The van der Waals surface area contributed by atoms with Gasteiger partial charge in [0, 0.05) is 92.3 Å². The van der Waals surface area contributed by atoms with Crippen LogP contribution in [0.3, 0.4) is 0 Å². The summed E-state index contributed by atoms with van der Waals surface area (Å²) in [6.07, 6.45) is 4.17. The number of phenols is 1. The normalized spacial score (nSPS) is 14.4. The molecule has 0 saturated heterocycles. The molecule has 2 aliphatic heterocycles. The average Bonchev–Trinajstić information content (AvgIpc) is 1.56. The Hall–Kier alpha value is -8.94. The molecule has 2 aliphatic rings. The number of imide groups is 1. The van der Waals surface area contributed by atoms with Gasteiger partial charge in [-0.05, 0) is 104 Å². The Balaban J connectivity index is 0.924. The van der Waals surface area contributed by atoms with E-state index < -0.39 is 42.0 Å². The van der Waals surface area contributed by atoms with E-state index in [1.165, 1.54) is 53.3 Å². The van der Waals surface area contributed by atoms with Crippen LogP contribution in [0.2, 0.25) is 0 Å². The number of amides is 8. The first-order chi connectivity index (χ1) is 42.2. The molecule has 0 saturated carbocycles. The van der Waals surface area contributed by atoms with Gasteiger partial charge in [0.1, 0.15) is 35.5 Å². The molecule has 0 fully saturated rings. The lowest BCUT2D eigenvalue weighted by molar-refractivity contribution is -0.137. The maximum absolute atomic E-state index is 14.7. The van der Waals surface area contributed by atoms with Crippen LogP contribution in [-0.4, -0.2) is 193 Å². The Morgan fingerprint density at radius 2 is 1.43 bits per heavy atom. The van der Waals surface area contributed by atoms with E-state index in [1.54, 1.807) is 71.1 Å². The highest BCUT2D eigenvalue weighted by Gasteiger charge is 2.37. The van der Waals surface area contributed by atoms with Crippen molar-refractivity contribution in [2.24, 2.45) is 5.92 Å². The molecule has 4 N–H and O–H groups in total. The van der Waals surface area contributed by atoms with E-state index in [0.29, 0.717) is 39.2 Å². The summed E-state index contributed by atoms with van der Waals surface area (Å²) in [7, 11) is 5.15. The van der Waals surface area contributed by atoms with Gasteiger partial charge in [-0.3, -0.25) is 38.6 Å². The molecule has 0 bridgehead atoms. The Kier molecular flexibility index (Phi) is 22.3. The van der Waals surface area contributed by atoms with Gasteiger partial charge >= 0.3 is 12.2 Å². The van der Waals surface area contributed by atoms with Crippen molar-refractivity contribution in [2.75, 3.05) is 115 Å². The van der Waals surface area contributed by atoms with Gasteiger partial charge in [-0.1, -0.05) is 44.2 Å². The molecule has 3 atom stereocenters. The molecular weight excluding hydrogens is 1160 g/mol. The van der Waals surface area contributed by atoms with Gasteiger partial charge in [-0.25, -0.2) is 14.6 Å². The number of anilines is 3. The van der Waals surface area contributed by atoms with E-state index in [2.05, 4.69) is 20.9 Å². The number of aromatic nitrogens is 2. The number of imidazole rings is 1. The maximum atomic E-state index is 14.7. The predicted octanol–water partition coefficient (Wildman–Crippen LogP) is 6.81. The zero-order chi connectivity index (χ0) is 63.2. The quantitative estimate of drug-likeness (QED) is 0.0223. The van der Waals surface area contributed by atoms with E-state index in [9.17, 15) is 43.5 Å². The zero-order valence-electron chi connectivity index (χ0n) is 50.2. The van der Waals surface area contributed by atoms with Crippen molar-refractivity contribution in [2.45, 2.75) is 52.3 Å². The zero-order valence-corrected chi connectivity index (χ0v) is 50.9. The summed E-state index contributed by atoms with van der Waals surface area (Å²) in [5.74, 6) is -2.18. The lowest BCUT2D eigenvalue weighted by Crippen LogP contribution is -2.51. The number of hydrogen-bond acceptors (Lipinski definition) is 16. The highest BCUT2D eigenvalue weighted by molar-refractivity contribution is 6.19. The van der Waals surface area contributed by atoms with Crippen LogP contribution in [0.15, 0.2) is 109 Å². The molecule has 25 heteroatoms. The lowest BCUT2D eigenvalue weighted by Gasteiger charge is -2.28. The summed E-state index contributed by atoms with van der Waals surface area (Å²) < 4.78 is 30.6. The Morgan fingerprint density at radius 1 is 0.761 bits per heavy atom. The summed E-state index contributed by atoms with van der Waals surface area (Å²) in [6, 6.07) is 21.9. The van der Waals surface area contributed by atoms with Gasteiger partial charge in [-0.2, -0.15) is 0 Å². The second-order valence-corrected chi connectivity index (χ2v) is 22.1. The van der Waals surface area contributed by atoms with Crippen LogP contribution in [-0.2, 0) is 44.7 Å². The van der Waals surface area contributed by atoms with Gasteiger partial charge in [-0.15, -0.1) is 11.6 Å². The van der Waals surface area contributed by atoms with Gasteiger partial charge in [0.2, 0.25) is 11.8 Å². The van der Waals surface area contributed by atoms with Crippen molar-refractivity contribution >= 4 is 92.7 Å². The molecule has 0 spiro atoms. The van der Waals surface area contributed by atoms with E-state index in [0.717, 1.165) is 21.4 Å². The van der Waals surface area contributed by atoms with Crippen LogP contribution in [0.4, 0.5) is 26.7 Å². The average molecular weight is 1230 g/mol. The number of benzene rings is 4. The number of alkyl halides is 1. The molecule has 0 radical (unpaired) electrons. The minimum atomic E-state index is -0.805. The van der Waals surface area contributed by atoms with Crippen molar-refractivity contribution in [1.29, 1.82) is 0 Å². The standard InChI is InChI=1S/C63H73ClN10O14/c1-39(2)57(69(5)6)60(80)65-41(4)58(78)66-45-15-11-42(12-16-45)38-87-62(82)70(7)23-24-71(25-27-84-29-31-86-32-30-85-28-26-73-53(76)21-22-54(73)77)63(83)88-51-33-50-56(55-40(3)9-8-10-48(51)55)44(34-64)35-74(50)61(81)49-37-72-36-46(17-20-52(72)68-49)67-59(79)43-13-18-47(75)19-14-43/h8-22,33,36-37,39,41,44,57,75H,23-32,34-35,38H2,1-7H3,(H,65,80)(H,66,78)(H,67,79)/t41-,44+,57-/m0/s1. The fourth-order valence-electron chi connectivity index (χ4n) is 10.2. The molecule has 88 heavy (non-hydrogen) atoms. The first kappa shape index (κ1) is 65.0. The first-order valence-electron chi connectivity index (χ1n) is 28.7. The molecule has 2 aromatic heterocycles. The fourth-order valence-corrected chi connectivity index (χ4v) is 10.5. The number of hydrogen-bond donors (Lipinski definition) is 4. The number of nitrogens with zero attached hydrogens (tertiary/aromatic N) is 7. The maximum Gasteiger partial charge on any atom is 0.415 e. The van der Waals surface area contributed by atoms with Gasteiger partial charge in [0.25, 0.3) is 23.6 Å². The molecule has 466 valence electrons. The number of halogens is 1. The van der Waals surface area contributed by atoms with Crippen molar-refractivity contribution in [3.05, 3.63) is 137 Å². The van der Waals surface area contributed by atoms with Crippen LogP contribution < -0.4 is 25.6 Å². The number of aromatic hydroxyl groups is 1. The van der Waals surface area contributed by atoms with Crippen LogP contribution in [0, 0.1) is 12.8 Å². The second-order valence-electron chi connectivity index (χ2n) is 21.8. The number of carbonyl (C=O) groups excluding carboxylic acids is 8. The highest BCUT2D eigenvalue weighted by atomic mass is 35.5. The Morgan fingerprint density at radius 3 is 2.10 bits per heavy atom. The molecule has 0 unspecified atom stereocenters. The molecule has 24 nitrogen and oxygen atoms in total. The monoisotopic (exact) mass is 1230 g/mol. The summed E-state index contributed by atoms with van der Waals surface area (Å²) in [4.78, 5) is 117. The van der Waals surface area contributed by atoms with Crippen LogP contribution in [0.5, 0.6) is 11.5 Å². The molecule has 4 heterocycles. The number of ether oxygens (including phenoxy) is 5. The number of fused-ring (bicyclic) bond motifs is 4. The molecule has 0 aliphatic carbocycles. The number of nitrogens with one attached hydrogen (secondary N) is 3. The number of carbonyl (C=O) groups is 8. The van der Waals surface area contributed by atoms with E-state index in [4.69, 9.17) is 35.3 Å². The molecule has 8 rings (SSSR count). The largest absolute Gasteiger partial charge is 0.508 e. The van der Waals surface area contributed by atoms with Crippen molar-refractivity contribution < 1.29 is 67.1 Å². The Bertz CT molecular complexity index is 3530. The third-order valence-corrected chi connectivity index (χ3v) is 15.2. The third kappa shape index (κ3) is 16.4. The summed E-state index contributed by atoms with van der Waals surface area (Å²) in [5, 5.41) is 19.5. The third-order valence-electron chi connectivity index (χ3n) is 14.8. The summed E-state index contributed by atoms with van der Waals surface area (Å²) in [5.41, 5.74) is 4.57. The number of rotatable bonds is 28. The van der Waals surface area contributed by atoms with Gasteiger partial charge in [0.15, 0.2) is 0 Å². The SMILES string of the molecule is Cc1cccc2c(OC(=O)N(CCOCCOCCOCCN3C(=O)C=CC3=O)CCN(C)C(=O)OCc3ccc(NC(=O)[C@H](C)NC(=O)[C@H](C(C)C)N(C)C)cc3)cc3c(c12)[C@H](CCl)CN3C(=O)c1cn2cc(NC(=O)c3ccc(O)cc3)ccc2n1. The molecule has 4 aromatic carbocycles. The molecular formula is C63H73ClN10O14. The number of likely N-dealkylation sites (N-methyl/N-ethyl adjacent to an activating group) is 2. The number of phenolic OH excluding ortho intramolecular Hbond substituents is 1. The first-order valence-corrected chi connectivity index (χ1v) is 29.3. The van der Waals surface area contributed by atoms with E-state index in [1.807, 2.05) is 58.0 Å². The smallest absolute Gasteiger partial charge is 0.415 e. The minimum absolute atomic E-state index is 0.00874. The van der Waals surface area contributed by atoms with E-state index in [-0.39, 0.29) is 132 Å². The Labute approximate surface area is 514 Å². The lowest BCUT2D eigenvalue weighted by atomic mass is 9.92. The highest BCUT2D eigenvalue weighted by Crippen LogP contribution is 2.47. The van der Waals surface area contributed by atoms with E-state index >= 15 is 0 Å². The second kappa shape index (κ2) is 30.1. The van der Waals surface area contributed by atoms with Crippen LogP contribution in [0.25, 0.3) is 16.4 Å². The molecule has 8 amide bonds. The van der Waals surface area contributed by atoms with Gasteiger partial charge < -0.3 is 63.8 Å². The van der Waals surface area contributed by atoms with Gasteiger partial charge in [0.05, 0.1) is 63.6 Å². The van der Waals surface area contributed by atoms with Crippen molar-refractivity contribution in [3.63, 3.8) is 0 Å². The number of aryl methyl sites for hydroxylation is 1. The summed E-state index contributed by atoms with van der Waals surface area (Å²) in [6.45, 7) is 8.61.